The molecular formula is C15H19NO6S. The molecule has 1 aromatic rings. The molecule has 0 amide bonds. The van der Waals surface area contributed by atoms with Gasteiger partial charge in [-0.2, -0.15) is 0 Å². The fourth-order valence-electron chi connectivity index (χ4n) is 1.63. The predicted octanol–water partition coefficient (Wildman–Crippen LogP) is 2.27. The number of esters is 3. The van der Waals surface area contributed by atoms with Crippen LogP contribution in [0.15, 0.2) is 17.2 Å². The van der Waals surface area contributed by atoms with Crippen LogP contribution in [0.4, 0.5) is 5.69 Å². The average Bonchev–Trinajstić information content (AvgIpc) is 2.88. The maximum atomic E-state index is 11.9. The van der Waals surface area contributed by atoms with Crippen LogP contribution in [0.25, 0.3) is 0 Å². The molecule has 0 saturated heterocycles. The summed E-state index contributed by atoms with van der Waals surface area (Å²) in [4.78, 5) is 35.8. The van der Waals surface area contributed by atoms with E-state index in [1.54, 1.807) is 26.2 Å². The summed E-state index contributed by atoms with van der Waals surface area (Å²) < 4.78 is 14.4. The van der Waals surface area contributed by atoms with E-state index in [1.807, 2.05) is 0 Å². The largest absolute Gasteiger partial charge is 0.465 e. The summed E-state index contributed by atoms with van der Waals surface area (Å²) in [5, 5.41) is 4.56. The van der Waals surface area contributed by atoms with Crippen molar-refractivity contribution in [2.75, 3.05) is 25.6 Å². The van der Waals surface area contributed by atoms with Gasteiger partial charge in [0.25, 0.3) is 0 Å². The van der Waals surface area contributed by atoms with Crippen LogP contribution in [-0.2, 0) is 23.8 Å². The quantitative estimate of drug-likeness (QED) is 0.267. The van der Waals surface area contributed by atoms with Crippen LogP contribution in [-0.4, -0.2) is 38.2 Å². The number of methoxy groups -OCH3 is 1. The smallest absolute Gasteiger partial charge is 0.350 e. The van der Waals surface area contributed by atoms with Gasteiger partial charge in [0.15, 0.2) is 5.57 Å². The van der Waals surface area contributed by atoms with Gasteiger partial charge < -0.3 is 19.5 Å². The molecule has 0 aromatic carbocycles. The second-order valence-corrected chi connectivity index (χ2v) is 5.14. The summed E-state index contributed by atoms with van der Waals surface area (Å²) in [6, 6.07) is 0. The molecule has 126 valence electrons. The van der Waals surface area contributed by atoms with E-state index in [0.29, 0.717) is 10.6 Å². The number of hydrogen-bond acceptors (Lipinski definition) is 8. The summed E-state index contributed by atoms with van der Waals surface area (Å²) >= 11 is 1.20. The monoisotopic (exact) mass is 341 g/mol. The highest BCUT2D eigenvalue weighted by molar-refractivity contribution is 7.12. The minimum Gasteiger partial charge on any atom is -0.465 e. The van der Waals surface area contributed by atoms with Crippen LogP contribution in [0.3, 0.4) is 0 Å². The third-order valence-corrected chi connectivity index (χ3v) is 3.78. The molecule has 1 heterocycles. The highest BCUT2D eigenvalue weighted by atomic mass is 32.1. The van der Waals surface area contributed by atoms with Gasteiger partial charge in [0.2, 0.25) is 0 Å². The van der Waals surface area contributed by atoms with Crippen molar-refractivity contribution in [1.29, 1.82) is 0 Å². The molecule has 0 spiro atoms. The Bertz CT molecular complexity index is 599. The molecule has 1 aromatic heterocycles. The molecule has 7 nitrogen and oxygen atoms in total. The predicted molar refractivity (Wildman–Crippen MR) is 85.4 cm³/mol. The van der Waals surface area contributed by atoms with Crippen molar-refractivity contribution in [2.45, 2.75) is 20.8 Å². The van der Waals surface area contributed by atoms with Gasteiger partial charge in [0, 0.05) is 6.20 Å². The molecule has 0 fully saturated rings. The molecule has 0 unspecified atom stereocenters. The Labute approximate surface area is 138 Å². The van der Waals surface area contributed by atoms with Gasteiger partial charge in [-0.3, -0.25) is 0 Å². The van der Waals surface area contributed by atoms with E-state index < -0.39 is 17.9 Å². The number of thiophene rings is 1. The fraction of sp³-hybridized carbons (Fsp3) is 0.400. The normalized spacial score (nSPS) is 9.74. The van der Waals surface area contributed by atoms with E-state index in [0.717, 1.165) is 5.56 Å². The molecule has 0 saturated carbocycles. The molecule has 0 aliphatic carbocycles. The minimum absolute atomic E-state index is 0.125. The summed E-state index contributed by atoms with van der Waals surface area (Å²) in [5.41, 5.74) is 0.960. The SMILES string of the molecule is CCOC(=O)C(=CNc1c(C)csc1C(=O)OC)C(=O)OCC. The summed E-state index contributed by atoms with van der Waals surface area (Å²) in [6.07, 6.45) is 1.18. The second-order valence-electron chi connectivity index (χ2n) is 4.26. The Kier molecular flexibility index (Phi) is 7.27. The van der Waals surface area contributed by atoms with Crippen LogP contribution in [0, 0.1) is 6.92 Å². The van der Waals surface area contributed by atoms with E-state index >= 15 is 0 Å². The average molecular weight is 341 g/mol. The third kappa shape index (κ3) is 4.82. The number of anilines is 1. The summed E-state index contributed by atoms with van der Waals surface area (Å²) in [6.45, 7) is 5.30. The van der Waals surface area contributed by atoms with E-state index in [1.165, 1.54) is 24.6 Å². The van der Waals surface area contributed by atoms with Gasteiger partial charge in [0.1, 0.15) is 4.88 Å². The molecule has 0 aliphatic rings. The van der Waals surface area contributed by atoms with Gasteiger partial charge in [-0.05, 0) is 31.7 Å². The lowest BCUT2D eigenvalue weighted by molar-refractivity contribution is -0.146. The lowest BCUT2D eigenvalue weighted by atomic mass is 10.2. The number of carbonyl (C=O) groups is 3. The van der Waals surface area contributed by atoms with Crippen LogP contribution in [0.1, 0.15) is 29.1 Å². The molecule has 1 rings (SSSR count). The number of ether oxygens (including phenoxy) is 3. The van der Waals surface area contributed by atoms with Crippen molar-refractivity contribution < 1.29 is 28.6 Å². The summed E-state index contributed by atoms with van der Waals surface area (Å²) in [5.74, 6) is -2.11. The molecule has 23 heavy (non-hydrogen) atoms. The lowest BCUT2D eigenvalue weighted by Gasteiger charge is -2.08. The van der Waals surface area contributed by atoms with Gasteiger partial charge in [-0.1, -0.05) is 0 Å². The highest BCUT2D eigenvalue weighted by Gasteiger charge is 2.22. The third-order valence-electron chi connectivity index (χ3n) is 2.70. The second kappa shape index (κ2) is 8.94. The van der Waals surface area contributed by atoms with Crippen LogP contribution in [0.2, 0.25) is 0 Å². The molecule has 8 heteroatoms. The number of hydrogen-bond donors (Lipinski definition) is 1. The van der Waals surface area contributed by atoms with Crippen molar-refractivity contribution in [3.63, 3.8) is 0 Å². The number of rotatable bonds is 7. The van der Waals surface area contributed by atoms with Crippen molar-refractivity contribution >= 4 is 34.9 Å². The number of carbonyl (C=O) groups excluding carboxylic acids is 3. The van der Waals surface area contributed by atoms with Crippen LogP contribution in [0.5, 0.6) is 0 Å². The molecular weight excluding hydrogens is 322 g/mol. The number of aryl methyl sites for hydroxylation is 1. The molecule has 0 bridgehead atoms. The Morgan fingerprint density at radius 1 is 1.17 bits per heavy atom. The van der Waals surface area contributed by atoms with E-state index in [-0.39, 0.29) is 18.8 Å². The van der Waals surface area contributed by atoms with Gasteiger partial charge in [-0.25, -0.2) is 14.4 Å². The van der Waals surface area contributed by atoms with E-state index in [4.69, 9.17) is 14.2 Å². The standard InChI is InChI=1S/C15H19NO6S/c1-5-21-13(17)10(14(18)22-6-2)7-16-11-9(3)8-23-12(11)15(19)20-4/h7-8,16H,5-6H2,1-4H3. The molecule has 1 N–H and O–H groups in total. The Morgan fingerprint density at radius 2 is 1.74 bits per heavy atom. The van der Waals surface area contributed by atoms with Crippen LogP contribution >= 0.6 is 11.3 Å². The zero-order chi connectivity index (χ0) is 17.4. The molecule has 0 radical (unpaired) electrons. The molecule has 0 atom stereocenters. The zero-order valence-electron chi connectivity index (χ0n) is 13.4. The Balaban J connectivity index is 3.10. The van der Waals surface area contributed by atoms with Crippen molar-refractivity contribution in [1.82, 2.24) is 0 Å². The highest BCUT2D eigenvalue weighted by Crippen LogP contribution is 2.28. The first-order valence-corrected chi connectivity index (χ1v) is 7.81. The maximum absolute atomic E-state index is 11.9. The summed E-state index contributed by atoms with van der Waals surface area (Å²) in [7, 11) is 1.28. The fourth-order valence-corrected chi connectivity index (χ4v) is 2.56. The van der Waals surface area contributed by atoms with E-state index in [2.05, 4.69) is 5.32 Å². The van der Waals surface area contributed by atoms with Gasteiger partial charge in [0.05, 0.1) is 26.0 Å². The molecule has 0 aliphatic heterocycles. The Hall–Kier alpha value is -2.35. The van der Waals surface area contributed by atoms with E-state index in [9.17, 15) is 14.4 Å². The zero-order valence-corrected chi connectivity index (χ0v) is 14.2. The van der Waals surface area contributed by atoms with Crippen molar-refractivity contribution in [3.05, 3.63) is 27.6 Å². The lowest BCUT2D eigenvalue weighted by Crippen LogP contribution is -2.19. The first-order valence-electron chi connectivity index (χ1n) is 6.93. The van der Waals surface area contributed by atoms with Gasteiger partial charge >= 0.3 is 17.9 Å². The van der Waals surface area contributed by atoms with Gasteiger partial charge in [-0.15, -0.1) is 11.3 Å². The van der Waals surface area contributed by atoms with Crippen LogP contribution < -0.4 is 5.32 Å². The topological polar surface area (TPSA) is 90.9 Å². The number of nitrogens with one attached hydrogen (secondary N) is 1. The maximum Gasteiger partial charge on any atom is 0.350 e. The Morgan fingerprint density at radius 3 is 2.22 bits per heavy atom. The minimum atomic E-state index is -0.800. The first kappa shape index (κ1) is 18.7. The van der Waals surface area contributed by atoms with Crippen molar-refractivity contribution in [3.8, 4) is 0 Å². The van der Waals surface area contributed by atoms with Crippen molar-refractivity contribution in [2.24, 2.45) is 0 Å². The first-order chi connectivity index (χ1) is 11.0.